The van der Waals surface area contributed by atoms with Crippen LogP contribution in [0.1, 0.15) is 102 Å². The van der Waals surface area contributed by atoms with Gasteiger partial charge in [0.1, 0.15) is 35.8 Å². The van der Waals surface area contributed by atoms with E-state index in [9.17, 15) is 19.2 Å². The molecule has 3 aromatic carbocycles. The van der Waals surface area contributed by atoms with Crippen LogP contribution in [-0.2, 0) is 31.9 Å². The topological polar surface area (TPSA) is 175 Å². The third-order valence-corrected chi connectivity index (χ3v) is 14.7. The maximum atomic E-state index is 13.9. The van der Waals surface area contributed by atoms with Crippen LogP contribution >= 0.6 is 0 Å². The molecule has 4 atom stereocenters. The minimum Gasteiger partial charge on any atom is -0.453 e. The predicted octanol–water partition coefficient (Wildman–Crippen LogP) is 9.88. The Hall–Kier alpha value is -6.96. The van der Waals surface area contributed by atoms with Crippen molar-refractivity contribution >= 4 is 24.0 Å². The molecule has 0 radical (unpaired) electrons. The molecule has 4 aliphatic rings. The van der Waals surface area contributed by atoms with E-state index in [1.54, 1.807) is 9.80 Å². The monoisotopic (exact) mass is 932 g/mol. The fourth-order valence-electron chi connectivity index (χ4n) is 11.0. The van der Waals surface area contributed by atoms with Crippen LogP contribution in [0.4, 0.5) is 9.59 Å². The first kappa shape index (κ1) is 47.1. The Morgan fingerprint density at radius 2 is 1.09 bits per heavy atom. The second-order valence-corrected chi connectivity index (χ2v) is 20.3. The van der Waals surface area contributed by atoms with Crippen molar-refractivity contribution in [2.75, 3.05) is 27.3 Å². The lowest BCUT2D eigenvalue weighted by molar-refractivity contribution is -0.135. The van der Waals surface area contributed by atoms with Crippen molar-refractivity contribution in [3.8, 4) is 44.8 Å². The fraction of sp³-hybridized carbons (Fsp3) is 0.418. The third kappa shape index (κ3) is 9.45. The lowest BCUT2D eigenvalue weighted by Crippen LogP contribution is -2.51. The number of imidazole rings is 2. The Morgan fingerprint density at radius 1 is 0.638 bits per heavy atom. The van der Waals surface area contributed by atoms with Gasteiger partial charge in [0.25, 0.3) is 0 Å². The number of alkyl carbamates (subject to hydrolysis) is 2. The summed E-state index contributed by atoms with van der Waals surface area (Å²) in [5, 5.41) is 5.44. The number of nitrogens with zero attached hydrogens (tertiary/aromatic N) is 4. The molecule has 5 aromatic rings. The van der Waals surface area contributed by atoms with Gasteiger partial charge >= 0.3 is 12.2 Å². The molecular weight excluding hydrogens is 869 g/mol. The minimum absolute atomic E-state index is 0.139. The second kappa shape index (κ2) is 19.2. The van der Waals surface area contributed by atoms with Crippen molar-refractivity contribution in [1.82, 2.24) is 40.4 Å². The second-order valence-electron chi connectivity index (χ2n) is 20.3. The molecule has 4 heterocycles. The summed E-state index contributed by atoms with van der Waals surface area (Å²) in [7, 11) is 2.59. The molecule has 1 saturated carbocycles. The van der Waals surface area contributed by atoms with E-state index in [-0.39, 0.29) is 23.7 Å². The lowest BCUT2D eigenvalue weighted by Gasteiger charge is -2.30. The van der Waals surface area contributed by atoms with Gasteiger partial charge in [-0.25, -0.2) is 19.6 Å². The number of hydrogen-bond donors (Lipinski definition) is 4. The van der Waals surface area contributed by atoms with Crippen molar-refractivity contribution in [2.24, 2.45) is 17.3 Å². The van der Waals surface area contributed by atoms with Crippen molar-refractivity contribution in [1.29, 1.82) is 0 Å². The largest absolute Gasteiger partial charge is 0.453 e. The van der Waals surface area contributed by atoms with E-state index in [1.807, 2.05) is 60.0 Å². The molecule has 0 saturated heterocycles. The summed E-state index contributed by atoms with van der Waals surface area (Å²) in [4.78, 5) is 72.0. The number of aromatic nitrogens is 4. The standard InChI is InChI=1S/C55H64N8O6/c1-31(2)47(60-53(66)68-7)51(64)62-29-33(5)21-45(62)49-56-27-43(58-49)37-15-11-35(12-16-37)39-23-40-25-55(19-9-10-20-55)26-42(40)41(24-39)36-13-17-38(18-14-36)44-28-57-50(59-44)46-22-34(6)30-63(46)52(65)48(32(3)4)61-54(67)69-8/h11-18,21-24,27-28,31-32,45-48H,9-10,19-20,25-26,29-30H2,1-8H3,(H,56,58)(H,57,59)(H,60,66)(H,61,67)/t45-,46-,47-,48-/m0/s1. The van der Waals surface area contributed by atoms with E-state index in [2.05, 4.69) is 87.3 Å². The van der Waals surface area contributed by atoms with Gasteiger partial charge in [0.15, 0.2) is 0 Å². The van der Waals surface area contributed by atoms with Gasteiger partial charge in [0.05, 0.1) is 38.0 Å². The van der Waals surface area contributed by atoms with Gasteiger partial charge in [-0.3, -0.25) is 9.59 Å². The Balaban J connectivity index is 0.955. The summed E-state index contributed by atoms with van der Waals surface area (Å²) in [6.07, 6.45) is 13.8. The highest BCUT2D eigenvalue weighted by atomic mass is 16.5. The third-order valence-electron chi connectivity index (χ3n) is 14.7. The molecule has 2 aliphatic carbocycles. The molecule has 0 bridgehead atoms. The summed E-state index contributed by atoms with van der Waals surface area (Å²) >= 11 is 0. The molecular formula is C55H64N8O6. The first-order chi connectivity index (χ1) is 33.1. The van der Waals surface area contributed by atoms with Crippen LogP contribution in [0.25, 0.3) is 44.8 Å². The van der Waals surface area contributed by atoms with Crippen molar-refractivity contribution < 1.29 is 28.7 Å². The van der Waals surface area contributed by atoms with Crippen LogP contribution < -0.4 is 10.6 Å². The maximum absolute atomic E-state index is 13.9. The zero-order valence-corrected chi connectivity index (χ0v) is 40.9. The van der Waals surface area contributed by atoms with Crippen LogP contribution in [-0.4, -0.2) is 93.1 Å². The first-order valence-electron chi connectivity index (χ1n) is 24.3. The minimum atomic E-state index is -0.736. The number of amides is 4. The molecule has 360 valence electrons. The summed E-state index contributed by atoms with van der Waals surface area (Å²) in [5.74, 6) is 0.676. The van der Waals surface area contributed by atoms with E-state index in [0.29, 0.717) is 30.2 Å². The van der Waals surface area contributed by atoms with Gasteiger partial charge < -0.3 is 39.9 Å². The van der Waals surface area contributed by atoms with Crippen LogP contribution in [0.5, 0.6) is 0 Å². The van der Waals surface area contributed by atoms with Crippen LogP contribution in [0, 0.1) is 17.3 Å². The highest BCUT2D eigenvalue weighted by Crippen LogP contribution is 2.52. The molecule has 1 fully saturated rings. The van der Waals surface area contributed by atoms with E-state index in [4.69, 9.17) is 19.4 Å². The number of H-pyrrole nitrogens is 2. The van der Waals surface area contributed by atoms with E-state index >= 15 is 0 Å². The van der Waals surface area contributed by atoms with Crippen molar-refractivity contribution in [3.05, 3.63) is 119 Å². The molecule has 4 amide bonds. The average Bonchev–Trinajstić information content (AvgIpc) is 4.22. The number of hydrogen-bond acceptors (Lipinski definition) is 8. The molecule has 2 aromatic heterocycles. The molecule has 2 aliphatic heterocycles. The Bertz CT molecular complexity index is 2810. The van der Waals surface area contributed by atoms with E-state index in [1.165, 1.54) is 67.7 Å². The number of benzene rings is 3. The van der Waals surface area contributed by atoms with Gasteiger partial charge in [-0.15, -0.1) is 0 Å². The number of carbonyl (C=O) groups excluding carboxylic acids is 4. The molecule has 14 nitrogen and oxygen atoms in total. The molecule has 4 N–H and O–H groups in total. The molecule has 9 rings (SSSR count). The zero-order chi connectivity index (χ0) is 48.7. The maximum Gasteiger partial charge on any atom is 0.407 e. The first-order valence-corrected chi connectivity index (χ1v) is 24.3. The number of rotatable bonds is 12. The number of methoxy groups -OCH3 is 2. The fourth-order valence-corrected chi connectivity index (χ4v) is 11.0. The van der Waals surface area contributed by atoms with Crippen molar-refractivity contribution in [2.45, 2.75) is 104 Å². The van der Waals surface area contributed by atoms with E-state index < -0.39 is 36.4 Å². The SMILES string of the molecule is COC(=O)N[C@H](C(=O)N1CC(C)=C[C@H]1c1ncc(-c2ccc(-c3cc4c(c(-c5ccc(-c6cnc([C@@H]7C=C(C)CN7C(=O)[C@@H](NC(=O)OC)C(C)C)[nH]6)cc5)c3)CC3(CCCC3)C4)cc2)[nH]1)C(C)C. The number of aromatic amines is 2. The van der Waals surface area contributed by atoms with Crippen LogP contribution in [0.2, 0.25) is 0 Å². The highest BCUT2D eigenvalue weighted by molar-refractivity contribution is 5.88. The van der Waals surface area contributed by atoms with Crippen molar-refractivity contribution in [3.63, 3.8) is 0 Å². The highest BCUT2D eigenvalue weighted by Gasteiger charge is 2.42. The van der Waals surface area contributed by atoms with Gasteiger partial charge in [-0.1, -0.05) is 118 Å². The molecule has 0 unspecified atom stereocenters. The van der Waals surface area contributed by atoms with Gasteiger partial charge in [0.2, 0.25) is 11.8 Å². The summed E-state index contributed by atoms with van der Waals surface area (Å²) in [5.41, 5.74) is 13.8. The van der Waals surface area contributed by atoms with Crippen LogP contribution in [0.3, 0.4) is 0 Å². The molecule has 69 heavy (non-hydrogen) atoms. The van der Waals surface area contributed by atoms with E-state index in [0.717, 1.165) is 52.1 Å². The Morgan fingerprint density at radius 3 is 1.54 bits per heavy atom. The van der Waals surface area contributed by atoms with Gasteiger partial charge in [-0.05, 0) is 107 Å². The van der Waals surface area contributed by atoms with Gasteiger partial charge in [0, 0.05) is 13.1 Å². The smallest absolute Gasteiger partial charge is 0.407 e. The number of ether oxygens (including phenoxy) is 2. The number of carbonyl (C=O) groups is 4. The Kier molecular flexibility index (Phi) is 13.1. The predicted molar refractivity (Wildman–Crippen MR) is 266 cm³/mol. The molecule has 14 heteroatoms. The zero-order valence-electron chi connectivity index (χ0n) is 40.9. The average molecular weight is 933 g/mol. The quantitative estimate of drug-likeness (QED) is 0.0895. The molecule has 1 spiro atoms. The lowest BCUT2D eigenvalue weighted by atomic mass is 9.83. The van der Waals surface area contributed by atoms with Gasteiger partial charge in [-0.2, -0.15) is 0 Å². The summed E-state index contributed by atoms with van der Waals surface area (Å²) in [6.45, 7) is 12.5. The normalized spacial score (nSPS) is 19.2. The Labute approximate surface area is 404 Å². The number of nitrogens with one attached hydrogen (secondary N) is 4. The summed E-state index contributed by atoms with van der Waals surface area (Å²) in [6, 6.07) is 19.8. The summed E-state index contributed by atoms with van der Waals surface area (Å²) < 4.78 is 9.63. The number of fused-ring (bicyclic) bond motifs is 1. The van der Waals surface area contributed by atoms with Crippen LogP contribution in [0.15, 0.2) is 96.4 Å².